The maximum Gasteiger partial charge on any atom is 0.323 e. The van der Waals surface area contributed by atoms with Crippen molar-refractivity contribution >= 4 is 17.9 Å². The molecule has 0 spiro atoms. The molecule has 0 aromatic carbocycles. The smallest absolute Gasteiger partial charge is 0.323 e. The molecule has 0 aliphatic carbocycles. The Balaban J connectivity index is 5.05. The second-order valence-electron chi connectivity index (χ2n) is 10.7. The van der Waals surface area contributed by atoms with Crippen LogP contribution in [0.4, 0.5) is 0 Å². The Labute approximate surface area is 243 Å². The van der Waals surface area contributed by atoms with Gasteiger partial charge in [-0.15, -0.1) is 0 Å². The number of ether oxygens (including phenoxy) is 3. The second-order valence-corrected chi connectivity index (χ2v) is 10.7. The molecule has 2 atom stereocenters. The average molecular weight is 574 g/mol. The van der Waals surface area contributed by atoms with Gasteiger partial charge < -0.3 is 29.7 Å². The normalized spacial score (nSPS) is 13.7. The van der Waals surface area contributed by atoms with E-state index in [1.54, 1.807) is 0 Å². The van der Waals surface area contributed by atoms with Gasteiger partial charge in [-0.2, -0.15) is 0 Å². The van der Waals surface area contributed by atoms with E-state index in [1.165, 1.54) is 19.3 Å². The Bertz CT molecular complexity index is 653. The van der Waals surface area contributed by atoms with E-state index in [2.05, 4.69) is 19.2 Å². The zero-order valence-electron chi connectivity index (χ0n) is 25.8. The SMILES string of the molecule is CCCCCCCCC(CCNCCC(CCCCCCCC)(C(=O)O)C(=O)OCC(OCC)OCC)C(=O)O. The molecule has 236 valence electrons. The van der Waals surface area contributed by atoms with Crippen LogP contribution in [0.2, 0.25) is 0 Å². The third-order valence-corrected chi connectivity index (χ3v) is 7.47. The molecule has 0 aliphatic heterocycles. The summed E-state index contributed by atoms with van der Waals surface area (Å²) < 4.78 is 16.3. The van der Waals surface area contributed by atoms with E-state index < -0.39 is 35.5 Å². The van der Waals surface area contributed by atoms with E-state index in [4.69, 9.17) is 14.2 Å². The lowest BCUT2D eigenvalue weighted by molar-refractivity contribution is -0.191. The van der Waals surface area contributed by atoms with Gasteiger partial charge in [0.1, 0.15) is 6.61 Å². The summed E-state index contributed by atoms with van der Waals surface area (Å²) in [6, 6.07) is 0. The van der Waals surface area contributed by atoms with Gasteiger partial charge in [0.25, 0.3) is 0 Å². The summed E-state index contributed by atoms with van der Waals surface area (Å²) in [4.78, 5) is 37.5. The largest absolute Gasteiger partial charge is 0.481 e. The molecule has 0 rings (SSSR count). The molecule has 0 amide bonds. The van der Waals surface area contributed by atoms with Crippen LogP contribution in [0.15, 0.2) is 0 Å². The molecule has 0 aliphatic rings. The van der Waals surface area contributed by atoms with Crippen molar-refractivity contribution in [1.82, 2.24) is 5.32 Å². The number of carboxylic acid groups (broad SMARTS) is 2. The first-order chi connectivity index (χ1) is 19.3. The molecule has 0 aromatic heterocycles. The second kappa shape index (κ2) is 25.0. The van der Waals surface area contributed by atoms with Crippen LogP contribution >= 0.6 is 0 Å². The Morgan fingerprint density at radius 2 is 1.25 bits per heavy atom. The van der Waals surface area contributed by atoms with Crippen LogP contribution in [-0.2, 0) is 28.6 Å². The minimum atomic E-state index is -1.68. The highest BCUT2D eigenvalue weighted by molar-refractivity contribution is 5.99. The van der Waals surface area contributed by atoms with Gasteiger partial charge in [-0.05, 0) is 52.6 Å². The van der Waals surface area contributed by atoms with Crippen LogP contribution in [0.25, 0.3) is 0 Å². The first-order valence-electron chi connectivity index (χ1n) is 15.9. The fourth-order valence-corrected chi connectivity index (χ4v) is 4.90. The lowest BCUT2D eigenvalue weighted by Gasteiger charge is -2.28. The predicted molar refractivity (Wildman–Crippen MR) is 157 cm³/mol. The van der Waals surface area contributed by atoms with Gasteiger partial charge in [-0.1, -0.05) is 90.9 Å². The molecule has 3 N–H and O–H groups in total. The van der Waals surface area contributed by atoms with E-state index in [0.717, 1.165) is 51.4 Å². The summed E-state index contributed by atoms with van der Waals surface area (Å²) in [6.07, 6.45) is 13.2. The van der Waals surface area contributed by atoms with Crippen molar-refractivity contribution in [2.45, 2.75) is 137 Å². The molecule has 2 unspecified atom stereocenters. The maximum absolute atomic E-state index is 13.2. The maximum atomic E-state index is 13.2. The zero-order valence-corrected chi connectivity index (χ0v) is 25.8. The van der Waals surface area contributed by atoms with Crippen LogP contribution in [0.1, 0.15) is 130 Å². The molecule has 0 aromatic rings. The van der Waals surface area contributed by atoms with Crippen LogP contribution in [-0.4, -0.2) is 67.3 Å². The monoisotopic (exact) mass is 573 g/mol. The topological polar surface area (TPSA) is 131 Å². The van der Waals surface area contributed by atoms with Crippen molar-refractivity contribution in [3.8, 4) is 0 Å². The molecule has 0 saturated carbocycles. The number of carbonyl (C=O) groups excluding carboxylic acids is 1. The summed E-state index contributed by atoms with van der Waals surface area (Å²) in [5.41, 5.74) is -1.68. The molecule has 9 heteroatoms. The Kier molecular flexibility index (Phi) is 24.0. The fourth-order valence-electron chi connectivity index (χ4n) is 4.90. The van der Waals surface area contributed by atoms with E-state index in [9.17, 15) is 24.6 Å². The number of unbranched alkanes of at least 4 members (excludes halogenated alkanes) is 10. The molecule has 0 fully saturated rings. The van der Waals surface area contributed by atoms with E-state index >= 15 is 0 Å². The van der Waals surface area contributed by atoms with Gasteiger partial charge in [0, 0.05) is 13.2 Å². The van der Waals surface area contributed by atoms with Gasteiger partial charge in [0.2, 0.25) is 0 Å². The van der Waals surface area contributed by atoms with E-state index in [0.29, 0.717) is 39.0 Å². The first kappa shape index (κ1) is 38.3. The molecule has 40 heavy (non-hydrogen) atoms. The molecule has 9 nitrogen and oxygen atoms in total. The number of esters is 1. The van der Waals surface area contributed by atoms with Crippen LogP contribution < -0.4 is 5.32 Å². The zero-order chi connectivity index (χ0) is 30.1. The van der Waals surface area contributed by atoms with Crippen molar-refractivity contribution in [3.05, 3.63) is 0 Å². The molecule has 0 radical (unpaired) electrons. The third-order valence-electron chi connectivity index (χ3n) is 7.47. The highest BCUT2D eigenvalue weighted by atomic mass is 16.7. The first-order valence-corrected chi connectivity index (χ1v) is 15.9. The summed E-state index contributed by atoms with van der Waals surface area (Å²) >= 11 is 0. The number of carbonyl (C=O) groups is 3. The number of rotatable bonds is 29. The van der Waals surface area contributed by atoms with Crippen molar-refractivity contribution < 1.29 is 38.8 Å². The van der Waals surface area contributed by atoms with Crippen molar-refractivity contribution in [2.24, 2.45) is 11.3 Å². The molecule has 0 saturated heterocycles. The number of hydrogen-bond acceptors (Lipinski definition) is 7. The Hall–Kier alpha value is -1.71. The van der Waals surface area contributed by atoms with E-state index in [1.807, 2.05) is 13.8 Å². The quantitative estimate of drug-likeness (QED) is 0.0393. The standard InChI is InChI=1S/C31H59NO8/c1-5-9-11-13-15-17-19-26(28(33)34)20-23-32-24-22-31(29(35)36,21-18-16-14-12-10-6-2)30(37)40-25-27(38-7-3)39-8-4/h26-27,32H,5-25H2,1-4H3,(H,33,34)(H,35,36). The lowest BCUT2D eigenvalue weighted by Crippen LogP contribution is -2.44. The van der Waals surface area contributed by atoms with Gasteiger partial charge in [-0.25, -0.2) is 0 Å². The van der Waals surface area contributed by atoms with Gasteiger partial charge >= 0.3 is 17.9 Å². The number of nitrogens with one attached hydrogen (secondary N) is 1. The third kappa shape index (κ3) is 17.2. The Morgan fingerprint density at radius 3 is 1.77 bits per heavy atom. The van der Waals surface area contributed by atoms with Crippen molar-refractivity contribution in [2.75, 3.05) is 32.9 Å². The molecule has 0 heterocycles. The van der Waals surface area contributed by atoms with Crippen LogP contribution in [0.3, 0.4) is 0 Å². The van der Waals surface area contributed by atoms with Crippen LogP contribution in [0.5, 0.6) is 0 Å². The number of aliphatic carboxylic acids is 2. The lowest BCUT2D eigenvalue weighted by atomic mass is 9.79. The van der Waals surface area contributed by atoms with Crippen molar-refractivity contribution in [1.29, 1.82) is 0 Å². The summed E-state index contributed by atoms with van der Waals surface area (Å²) in [5, 5.41) is 23.0. The van der Waals surface area contributed by atoms with E-state index in [-0.39, 0.29) is 26.0 Å². The highest BCUT2D eigenvalue weighted by Crippen LogP contribution is 2.32. The predicted octanol–water partition coefficient (Wildman–Crippen LogP) is 6.57. The molecule has 0 bridgehead atoms. The summed E-state index contributed by atoms with van der Waals surface area (Å²) in [5.74, 6) is -3.18. The summed E-state index contributed by atoms with van der Waals surface area (Å²) in [6.45, 7) is 9.25. The molecular weight excluding hydrogens is 514 g/mol. The number of carboxylic acids is 2. The highest BCUT2D eigenvalue weighted by Gasteiger charge is 2.47. The summed E-state index contributed by atoms with van der Waals surface area (Å²) in [7, 11) is 0. The molecular formula is C31H59NO8. The van der Waals surface area contributed by atoms with Crippen LogP contribution in [0, 0.1) is 11.3 Å². The van der Waals surface area contributed by atoms with Crippen molar-refractivity contribution in [3.63, 3.8) is 0 Å². The van der Waals surface area contributed by atoms with Gasteiger partial charge in [0.15, 0.2) is 11.7 Å². The number of hydrogen-bond donors (Lipinski definition) is 3. The minimum absolute atomic E-state index is 0.0687. The Morgan fingerprint density at radius 1 is 0.700 bits per heavy atom. The fraction of sp³-hybridized carbons (Fsp3) is 0.903. The van der Waals surface area contributed by atoms with Gasteiger partial charge in [0.05, 0.1) is 5.92 Å². The average Bonchev–Trinajstić information content (AvgIpc) is 2.92. The van der Waals surface area contributed by atoms with Gasteiger partial charge in [-0.3, -0.25) is 14.4 Å². The minimum Gasteiger partial charge on any atom is -0.481 e.